The van der Waals surface area contributed by atoms with Crippen molar-refractivity contribution in [1.29, 1.82) is 0 Å². The summed E-state index contributed by atoms with van der Waals surface area (Å²) < 4.78 is 24.3. The molecule has 0 aliphatic carbocycles. The molecule has 2 aliphatic rings. The molecule has 2 aromatic heterocycles. The third-order valence-corrected chi connectivity index (χ3v) is 7.88. The Morgan fingerprint density at radius 1 is 0.646 bits per heavy atom. The number of anilines is 2. The summed E-state index contributed by atoms with van der Waals surface area (Å²) in [4.78, 5) is 24.4. The molecule has 2 aliphatic heterocycles. The van der Waals surface area contributed by atoms with Crippen LogP contribution in [-0.2, 0) is 45.1 Å². The number of aliphatic hydroxyl groups is 8. The number of hydrogen-bond donors (Lipinski definition) is 10. The number of ether oxygens (including phenoxy) is 4. The van der Waals surface area contributed by atoms with Crippen LogP contribution in [0, 0.1) is 0 Å². The van der Waals surface area contributed by atoms with Crippen LogP contribution in [0.1, 0.15) is 11.4 Å². The van der Waals surface area contributed by atoms with Crippen LogP contribution >= 0.6 is 0 Å². The summed E-state index contributed by atoms with van der Waals surface area (Å²) in [6.45, 7) is -0.783. The summed E-state index contributed by atoms with van der Waals surface area (Å²) in [7, 11) is 0. The SMILES string of the molecule is O=c1c(NCc2cn(CCO[C@@H]3O[C@H](CO)[C@H](O)[C@H](O)[C@H]3O)nn2)c(NCc2cn(CCO[C@@H]3O[C@H](CO)[C@H](O)[C@H](O)[C@H]3O)nn2)c1=O. The van der Waals surface area contributed by atoms with Gasteiger partial charge in [0.2, 0.25) is 0 Å². The molecule has 48 heavy (non-hydrogen) atoms. The van der Waals surface area contributed by atoms with E-state index in [9.17, 15) is 50.4 Å². The van der Waals surface area contributed by atoms with Crippen LogP contribution in [0.5, 0.6) is 0 Å². The molecule has 0 bridgehead atoms. The van der Waals surface area contributed by atoms with E-state index in [1.165, 1.54) is 9.36 Å². The Kier molecular flexibility index (Phi) is 11.8. The standard InChI is InChI=1S/C26H38N8O14/c35-9-13-17(37)21(41)23(43)25(47-13)45-3-1-33-7-11(29-31-33)5-27-15-16(20(40)19(15)39)28-6-12-8-34(32-30-12)2-4-46-26-24(44)22(42)18(38)14(10-36)48-26/h7-8,13-14,17-18,21-28,35-38,41-44H,1-6,9-10H2/t13-,14-,17+,18+,21+,22+,23-,24-,25-,26-/m1/s1. The van der Waals surface area contributed by atoms with Crippen molar-refractivity contribution in [2.24, 2.45) is 0 Å². The van der Waals surface area contributed by atoms with Crippen LogP contribution < -0.4 is 21.5 Å². The van der Waals surface area contributed by atoms with Gasteiger partial charge in [0, 0.05) is 0 Å². The Morgan fingerprint density at radius 2 is 1.04 bits per heavy atom. The van der Waals surface area contributed by atoms with Gasteiger partial charge in [-0.3, -0.25) is 9.59 Å². The van der Waals surface area contributed by atoms with Crippen molar-refractivity contribution in [3.05, 3.63) is 44.2 Å². The fourth-order valence-electron chi connectivity index (χ4n) is 5.08. The van der Waals surface area contributed by atoms with Crippen LogP contribution in [0.3, 0.4) is 0 Å². The maximum atomic E-state index is 12.2. The van der Waals surface area contributed by atoms with Crippen molar-refractivity contribution in [3.63, 3.8) is 0 Å². The first-order chi connectivity index (χ1) is 23.0. The van der Waals surface area contributed by atoms with Crippen molar-refractivity contribution in [2.75, 3.05) is 37.1 Å². The maximum Gasteiger partial charge on any atom is 0.253 e. The summed E-state index contributed by atoms with van der Waals surface area (Å²) in [5.41, 5.74) is -0.466. The molecule has 3 aromatic rings. The lowest BCUT2D eigenvalue weighted by Gasteiger charge is -2.39. The smallest absolute Gasteiger partial charge is 0.253 e. The van der Waals surface area contributed by atoms with E-state index < -0.39 is 85.5 Å². The van der Waals surface area contributed by atoms with Gasteiger partial charge in [-0.1, -0.05) is 10.4 Å². The molecule has 10 atom stereocenters. The van der Waals surface area contributed by atoms with Crippen LogP contribution in [-0.4, -0.2) is 159 Å². The molecule has 5 rings (SSSR count). The number of rotatable bonds is 16. The second-order valence-electron chi connectivity index (χ2n) is 11.2. The van der Waals surface area contributed by atoms with Crippen molar-refractivity contribution in [1.82, 2.24) is 30.0 Å². The van der Waals surface area contributed by atoms with E-state index in [1.54, 1.807) is 12.4 Å². The molecule has 1 aromatic carbocycles. The second-order valence-corrected chi connectivity index (χ2v) is 11.2. The minimum atomic E-state index is -1.56. The molecule has 266 valence electrons. The molecule has 2 saturated heterocycles. The number of hydrogen-bond acceptors (Lipinski definition) is 20. The number of aliphatic hydroxyl groups excluding tert-OH is 8. The van der Waals surface area contributed by atoms with Crippen LogP contribution in [0.25, 0.3) is 0 Å². The minimum Gasteiger partial charge on any atom is -0.394 e. The molecule has 4 heterocycles. The summed E-state index contributed by atoms with van der Waals surface area (Å²) >= 11 is 0. The first-order valence-corrected chi connectivity index (χ1v) is 15.0. The number of nitrogens with one attached hydrogen (secondary N) is 2. The largest absolute Gasteiger partial charge is 0.394 e. The van der Waals surface area contributed by atoms with E-state index in [1.807, 2.05) is 0 Å². The van der Waals surface area contributed by atoms with E-state index in [2.05, 4.69) is 31.3 Å². The lowest BCUT2D eigenvalue weighted by molar-refractivity contribution is -0.301. The Labute approximate surface area is 270 Å². The summed E-state index contributed by atoms with van der Waals surface area (Å²) in [6.07, 6.45) is -10.8. The molecule has 2 fully saturated rings. The molecule has 10 N–H and O–H groups in total. The highest BCUT2D eigenvalue weighted by Gasteiger charge is 2.45. The van der Waals surface area contributed by atoms with Gasteiger partial charge in [-0.05, 0) is 0 Å². The first-order valence-electron chi connectivity index (χ1n) is 15.0. The average Bonchev–Trinajstić information content (AvgIpc) is 3.75. The predicted octanol–water partition coefficient (Wildman–Crippen LogP) is -6.68. The van der Waals surface area contributed by atoms with Gasteiger partial charge in [0.15, 0.2) is 12.6 Å². The van der Waals surface area contributed by atoms with Crippen molar-refractivity contribution >= 4 is 11.4 Å². The van der Waals surface area contributed by atoms with Crippen LogP contribution in [0.15, 0.2) is 22.0 Å². The van der Waals surface area contributed by atoms with Crippen molar-refractivity contribution in [3.8, 4) is 0 Å². The predicted molar refractivity (Wildman–Crippen MR) is 155 cm³/mol. The normalized spacial score (nSPS) is 30.9. The van der Waals surface area contributed by atoms with Gasteiger partial charge < -0.3 is 70.4 Å². The van der Waals surface area contributed by atoms with Gasteiger partial charge in [0.25, 0.3) is 10.9 Å². The zero-order valence-corrected chi connectivity index (χ0v) is 25.3. The van der Waals surface area contributed by atoms with E-state index >= 15 is 0 Å². The van der Waals surface area contributed by atoms with Gasteiger partial charge in [-0.15, -0.1) is 10.2 Å². The molecule has 0 spiro atoms. The quantitative estimate of drug-likeness (QED) is 0.0626. The highest BCUT2D eigenvalue weighted by Crippen LogP contribution is 2.23. The number of nitrogens with zero attached hydrogens (tertiary/aromatic N) is 6. The van der Waals surface area contributed by atoms with E-state index in [4.69, 9.17) is 18.9 Å². The van der Waals surface area contributed by atoms with Gasteiger partial charge in [-0.25, -0.2) is 9.36 Å². The van der Waals surface area contributed by atoms with Gasteiger partial charge >= 0.3 is 0 Å². The average molecular weight is 687 g/mol. The maximum absolute atomic E-state index is 12.2. The molecule has 22 heteroatoms. The van der Waals surface area contributed by atoms with Gasteiger partial charge in [-0.2, -0.15) is 0 Å². The lowest BCUT2D eigenvalue weighted by atomic mass is 9.99. The Hall–Kier alpha value is -3.52. The van der Waals surface area contributed by atoms with Crippen molar-refractivity contribution < 1.29 is 59.8 Å². The molecular formula is C26H38N8O14. The second kappa shape index (κ2) is 15.8. The highest BCUT2D eigenvalue weighted by atomic mass is 16.7. The Bertz CT molecular complexity index is 1430. The summed E-state index contributed by atoms with van der Waals surface area (Å²) in [5, 5.41) is 99.7. The zero-order chi connectivity index (χ0) is 34.5. The fraction of sp³-hybridized carbons (Fsp3) is 0.692. The highest BCUT2D eigenvalue weighted by molar-refractivity contribution is 5.73. The van der Waals surface area contributed by atoms with Crippen molar-refractivity contribution in [2.45, 2.75) is 87.6 Å². The van der Waals surface area contributed by atoms with Crippen LogP contribution in [0.4, 0.5) is 11.4 Å². The van der Waals surface area contributed by atoms with Crippen LogP contribution in [0.2, 0.25) is 0 Å². The zero-order valence-electron chi connectivity index (χ0n) is 25.3. The van der Waals surface area contributed by atoms with E-state index in [0.717, 1.165) is 0 Å². The summed E-state index contributed by atoms with van der Waals surface area (Å²) in [6, 6.07) is 0. The minimum absolute atomic E-state index is 0.0268. The monoisotopic (exact) mass is 686 g/mol. The molecule has 0 unspecified atom stereocenters. The van der Waals surface area contributed by atoms with Gasteiger partial charge in [0.1, 0.15) is 71.6 Å². The fourth-order valence-corrected chi connectivity index (χ4v) is 5.08. The number of aromatic nitrogens is 6. The molecule has 0 radical (unpaired) electrons. The molecule has 22 nitrogen and oxygen atoms in total. The third kappa shape index (κ3) is 7.85. The van der Waals surface area contributed by atoms with E-state index in [0.29, 0.717) is 11.4 Å². The molecule has 0 saturated carbocycles. The van der Waals surface area contributed by atoms with E-state index in [-0.39, 0.29) is 50.8 Å². The third-order valence-electron chi connectivity index (χ3n) is 7.88. The Morgan fingerprint density at radius 3 is 1.42 bits per heavy atom. The molecule has 0 amide bonds. The first kappa shape index (κ1) is 35.8. The molecular weight excluding hydrogens is 648 g/mol. The summed E-state index contributed by atoms with van der Waals surface area (Å²) in [5.74, 6) is 0. The topological polar surface area (TPSA) is 318 Å². The van der Waals surface area contributed by atoms with Gasteiger partial charge in [0.05, 0.1) is 65.0 Å². The lowest BCUT2D eigenvalue weighted by Crippen LogP contribution is -2.59. The Balaban J connectivity index is 1.04.